The Morgan fingerprint density at radius 3 is 1.96 bits per heavy atom. The molecule has 0 saturated carbocycles. The van der Waals surface area contributed by atoms with E-state index in [1.54, 1.807) is 42.5 Å². The highest BCUT2D eigenvalue weighted by Crippen LogP contribution is 2.35. The summed E-state index contributed by atoms with van der Waals surface area (Å²) in [6.45, 7) is 0. The molecular formula is C21H20O6. The van der Waals surface area contributed by atoms with Gasteiger partial charge in [-0.3, -0.25) is 4.79 Å². The van der Waals surface area contributed by atoms with Crippen molar-refractivity contribution in [1.29, 1.82) is 0 Å². The number of rotatable bonds is 8. The Hall–Kier alpha value is -3.54. The van der Waals surface area contributed by atoms with Crippen molar-refractivity contribution in [2.75, 3.05) is 21.3 Å². The van der Waals surface area contributed by atoms with Gasteiger partial charge in [-0.15, -0.1) is 0 Å². The monoisotopic (exact) mass is 368 g/mol. The van der Waals surface area contributed by atoms with Crippen molar-refractivity contribution >= 4 is 23.9 Å². The number of hydrogen-bond acceptors (Lipinski definition) is 5. The zero-order valence-electron chi connectivity index (χ0n) is 15.3. The number of hydrogen-bond donors (Lipinski definition) is 1. The summed E-state index contributed by atoms with van der Waals surface area (Å²) in [6.07, 6.45) is 5.58. The summed E-state index contributed by atoms with van der Waals surface area (Å²) in [4.78, 5) is 22.9. The first kappa shape index (κ1) is 19.8. The minimum Gasteiger partial charge on any atom is -0.496 e. The summed E-state index contributed by atoms with van der Waals surface area (Å²) < 4.78 is 15.8. The number of carbonyl (C=O) groups is 2. The molecule has 27 heavy (non-hydrogen) atoms. The molecule has 0 atom stereocenters. The van der Waals surface area contributed by atoms with Crippen LogP contribution in [0.3, 0.4) is 0 Å². The van der Waals surface area contributed by atoms with Crippen LogP contribution in [0.5, 0.6) is 17.2 Å². The van der Waals surface area contributed by atoms with Crippen LogP contribution in [0.15, 0.2) is 48.6 Å². The van der Waals surface area contributed by atoms with E-state index >= 15 is 0 Å². The van der Waals surface area contributed by atoms with E-state index in [1.165, 1.54) is 33.5 Å². The van der Waals surface area contributed by atoms with Crippen LogP contribution in [0.25, 0.3) is 12.2 Å². The molecule has 6 nitrogen and oxygen atoms in total. The fourth-order valence-electron chi connectivity index (χ4n) is 2.37. The second-order valence-electron chi connectivity index (χ2n) is 5.44. The molecule has 2 aromatic carbocycles. The Morgan fingerprint density at radius 2 is 1.41 bits per heavy atom. The zero-order valence-corrected chi connectivity index (χ0v) is 15.3. The van der Waals surface area contributed by atoms with Gasteiger partial charge in [-0.2, -0.15) is 0 Å². The highest BCUT2D eigenvalue weighted by Gasteiger charge is 2.10. The molecule has 0 radical (unpaired) electrons. The molecule has 0 bridgehead atoms. The van der Waals surface area contributed by atoms with E-state index in [9.17, 15) is 9.59 Å². The van der Waals surface area contributed by atoms with Crippen LogP contribution >= 0.6 is 0 Å². The van der Waals surface area contributed by atoms with E-state index in [2.05, 4.69) is 0 Å². The van der Waals surface area contributed by atoms with Gasteiger partial charge in [-0.25, -0.2) is 4.79 Å². The number of ether oxygens (including phenoxy) is 3. The number of allylic oxidation sites excluding steroid dienone is 1. The minimum absolute atomic E-state index is 0.194. The average Bonchev–Trinajstić information content (AvgIpc) is 2.69. The standard InChI is InChI=1S/C21H20O6/c1-25-18-13-20(27-3)19(26-2)12-16(18)9-10-17(22)15-7-4-14(5-8-15)6-11-21(23)24/h4-13H,1-3H3,(H,23,24)/b10-9+,11-6+. The molecule has 0 aliphatic carbocycles. The van der Waals surface area contributed by atoms with Gasteiger partial charge in [-0.05, 0) is 29.9 Å². The Bertz CT molecular complexity index is 878. The summed E-state index contributed by atoms with van der Waals surface area (Å²) >= 11 is 0. The van der Waals surface area contributed by atoms with Gasteiger partial charge in [0, 0.05) is 23.3 Å². The van der Waals surface area contributed by atoms with Crippen LogP contribution in [-0.2, 0) is 4.79 Å². The van der Waals surface area contributed by atoms with Crippen molar-refractivity contribution in [3.8, 4) is 17.2 Å². The van der Waals surface area contributed by atoms with E-state index in [0.29, 0.717) is 33.9 Å². The molecule has 0 saturated heterocycles. The van der Waals surface area contributed by atoms with Gasteiger partial charge in [0.05, 0.1) is 21.3 Å². The van der Waals surface area contributed by atoms with Gasteiger partial charge in [0.2, 0.25) is 0 Å². The minimum atomic E-state index is -1.03. The third-order valence-corrected chi connectivity index (χ3v) is 3.76. The second-order valence-corrected chi connectivity index (χ2v) is 5.44. The molecule has 2 rings (SSSR count). The van der Waals surface area contributed by atoms with E-state index < -0.39 is 5.97 Å². The van der Waals surface area contributed by atoms with E-state index in [1.807, 2.05) is 0 Å². The number of carboxylic acids is 1. The molecular weight excluding hydrogens is 348 g/mol. The van der Waals surface area contributed by atoms with Gasteiger partial charge in [0.25, 0.3) is 0 Å². The summed E-state index contributed by atoms with van der Waals surface area (Å²) in [7, 11) is 4.60. The number of aliphatic carboxylic acids is 1. The average molecular weight is 368 g/mol. The van der Waals surface area contributed by atoms with Crippen molar-refractivity contribution in [2.45, 2.75) is 0 Å². The molecule has 0 amide bonds. The molecule has 0 aromatic heterocycles. The lowest BCUT2D eigenvalue weighted by molar-refractivity contribution is -0.131. The molecule has 2 aromatic rings. The molecule has 140 valence electrons. The molecule has 0 spiro atoms. The van der Waals surface area contributed by atoms with Crippen LogP contribution in [0.2, 0.25) is 0 Å². The number of ketones is 1. The van der Waals surface area contributed by atoms with Gasteiger partial charge in [0.1, 0.15) is 5.75 Å². The maximum absolute atomic E-state index is 12.4. The molecule has 0 unspecified atom stereocenters. The lowest BCUT2D eigenvalue weighted by Gasteiger charge is -2.12. The Balaban J connectivity index is 2.22. The molecule has 0 aliphatic heterocycles. The van der Waals surface area contributed by atoms with Crippen LogP contribution in [0, 0.1) is 0 Å². The van der Waals surface area contributed by atoms with Crippen molar-refractivity contribution in [3.05, 3.63) is 65.2 Å². The lowest BCUT2D eigenvalue weighted by atomic mass is 10.1. The highest BCUT2D eigenvalue weighted by atomic mass is 16.5. The zero-order chi connectivity index (χ0) is 19.8. The molecule has 0 aliphatic rings. The van der Waals surface area contributed by atoms with E-state index in [-0.39, 0.29) is 5.78 Å². The van der Waals surface area contributed by atoms with Crippen LogP contribution in [0.1, 0.15) is 21.5 Å². The lowest BCUT2D eigenvalue weighted by Crippen LogP contribution is -1.96. The molecule has 6 heteroatoms. The van der Waals surface area contributed by atoms with Crippen LogP contribution < -0.4 is 14.2 Å². The third kappa shape index (κ3) is 5.22. The SMILES string of the molecule is COc1cc(OC)c(OC)cc1/C=C/C(=O)c1ccc(/C=C/C(=O)O)cc1. The predicted octanol–water partition coefficient (Wildman–Crippen LogP) is 3.71. The maximum atomic E-state index is 12.4. The van der Waals surface area contributed by atoms with Crippen molar-refractivity contribution < 1.29 is 28.9 Å². The van der Waals surface area contributed by atoms with Crippen molar-refractivity contribution in [3.63, 3.8) is 0 Å². The van der Waals surface area contributed by atoms with Gasteiger partial charge in [0.15, 0.2) is 17.3 Å². The number of benzene rings is 2. The second kappa shape index (κ2) is 9.24. The Labute approximate surface area is 157 Å². The molecule has 0 fully saturated rings. The Kier molecular flexibility index (Phi) is 6.77. The number of carbonyl (C=O) groups excluding carboxylic acids is 1. The summed E-state index contributed by atoms with van der Waals surface area (Å²) in [5.74, 6) is 0.385. The van der Waals surface area contributed by atoms with Gasteiger partial charge < -0.3 is 19.3 Å². The van der Waals surface area contributed by atoms with Crippen molar-refractivity contribution in [1.82, 2.24) is 0 Å². The van der Waals surface area contributed by atoms with Crippen molar-refractivity contribution in [2.24, 2.45) is 0 Å². The van der Waals surface area contributed by atoms with E-state index in [4.69, 9.17) is 19.3 Å². The Morgan fingerprint density at radius 1 is 0.815 bits per heavy atom. The molecule has 1 N–H and O–H groups in total. The molecule has 0 heterocycles. The smallest absolute Gasteiger partial charge is 0.328 e. The maximum Gasteiger partial charge on any atom is 0.328 e. The normalized spacial score (nSPS) is 10.9. The van der Waals surface area contributed by atoms with Gasteiger partial charge >= 0.3 is 5.97 Å². The quantitative estimate of drug-likeness (QED) is 0.565. The number of carboxylic acid groups (broad SMARTS) is 1. The topological polar surface area (TPSA) is 82.1 Å². The first-order valence-corrected chi connectivity index (χ1v) is 8.02. The summed E-state index contributed by atoms with van der Waals surface area (Å²) in [6, 6.07) is 10.0. The first-order valence-electron chi connectivity index (χ1n) is 8.02. The van der Waals surface area contributed by atoms with Crippen LogP contribution in [-0.4, -0.2) is 38.2 Å². The number of methoxy groups -OCH3 is 3. The fraction of sp³-hybridized carbons (Fsp3) is 0.143. The highest BCUT2D eigenvalue weighted by molar-refractivity contribution is 6.07. The first-order chi connectivity index (χ1) is 13.0. The third-order valence-electron chi connectivity index (χ3n) is 3.76. The van der Waals surface area contributed by atoms with E-state index in [0.717, 1.165) is 6.08 Å². The largest absolute Gasteiger partial charge is 0.496 e. The summed E-state index contributed by atoms with van der Waals surface area (Å²) in [5, 5.41) is 8.63. The summed E-state index contributed by atoms with van der Waals surface area (Å²) in [5.41, 5.74) is 1.85. The predicted molar refractivity (Wildman–Crippen MR) is 103 cm³/mol. The van der Waals surface area contributed by atoms with Gasteiger partial charge in [-0.1, -0.05) is 24.3 Å². The van der Waals surface area contributed by atoms with Crippen LogP contribution in [0.4, 0.5) is 0 Å². The fourth-order valence-corrected chi connectivity index (χ4v) is 2.37.